The second-order valence-electron chi connectivity index (χ2n) is 9.88. The minimum atomic E-state index is -0.986. The highest BCUT2D eigenvalue weighted by Gasteiger charge is 2.32. The van der Waals surface area contributed by atoms with Crippen molar-refractivity contribution in [2.45, 2.75) is 63.6 Å². The smallest absolute Gasteiger partial charge is 0.357 e. The molecule has 6 heteroatoms. The number of aliphatic hydroxyl groups excluding tert-OH is 1. The average molecular weight is 489 g/mol. The monoisotopic (exact) mass is 488 g/mol. The molecule has 36 heavy (non-hydrogen) atoms. The maximum absolute atomic E-state index is 13.1. The Morgan fingerprint density at radius 3 is 2.47 bits per heavy atom. The van der Waals surface area contributed by atoms with Crippen LogP contribution in [0.5, 0.6) is 0 Å². The van der Waals surface area contributed by atoms with E-state index in [1.54, 1.807) is 13.1 Å². The molecule has 190 valence electrons. The first-order valence-corrected chi connectivity index (χ1v) is 13.0. The van der Waals surface area contributed by atoms with Crippen molar-refractivity contribution in [2.75, 3.05) is 7.05 Å². The van der Waals surface area contributed by atoms with Crippen molar-refractivity contribution in [3.63, 3.8) is 0 Å². The number of hydrogen-bond donors (Lipinski definition) is 2. The topological polar surface area (TPSA) is 88.5 Å². The van der Waals surface area contributed by atoms with Crippen LogP contribution in [0.2, 0.25) is 0 Å². The summed E-state index contributed by atoms with van der Waals surface area (Å²) in [5.74, 6) is -0.487. The molecule has 1 saturated carbocycles. The van der Waals surface area contributed by atoms with Gasteiger partial charge in [0.05, 0.1) is 11.6 Å². The van der Waals surface area contributed by atoms with Gasteiger partial charge in [-0.05, 0) is 36.5 Å². The van der Waals surface area contributed by atoms with E-state index in [0.717, 1.165) is 30.2 Å². The SMILES string of the molecule is CNC(=O)[C@H](CC1CCCCC1)C[C@H](O)[C@H](Cc1ccccc1)OC(=O)c1ccc2ccccc2n1. The predicted octanol–water partition coefficient (Wildman–Crippen LogP) is 5.09. The van der Waals surface area contributed by atoms with Crippen molar-refractivity contribution in [2.24, 2.45) is 11.8 Å². The van der Waals surface area contributed by atoms with Crippen LogP contribution in [0.15, 0.2) is 66.7 Å². The summed E-state index contributed by atoms with van der Waals surface area (Å²) in [6.45, 7) is 0. The Hall–Kier alpha value is -3.25. The van der Waals surface area contributed by atoms with E-state index >= 15 is 0 Å². The van der Waals surface area contributed by atoms with Gasteiger partial charge < -0.3 is 15.2 Å². The highest BCUT2D eigenvalue weighted by molar-refractivity contribution is 5.91. The van der Waals surface area contributed by atoms with Gasteiger partial charge in [0.25, 0.3) is 0 Å². The van der Waals surface area contributed by atoms with E-state index in [1.807, 2.05) is 60.7 Å². The van der Waals surface area contributed by atoms with E-state index < -0.39 is 18.2 Å². The number of ether oxygens (including phenoxy) is 1. The second kappa shape index (κ2) is 12.6. The maximum atomic E-state index is 13.1. The van der Waals surface area contributed by atoms with Gasteiger partial charge in [0.15, 0.2) is 0 Å². The number of carbonyl (C=O) groups excluding carboxylic acids is 2. The van der Waals surface area contributed by atoms with Crippen LogP contribution in [0, 0.1) is 11.8 Å². The summed E-state index contributed by atoms with van der Waals surface area (Å²) in [5, 5.41) is 15.0. The predicted molar refractivity (Wildman–Crippen MR) is 140 cm³/mol. The molecule has 1 aliphatic rings. The lowest BCUT2D eigenvalue weighted by atomic mass is 9.80. The summed E-state index contributed by atoms with van der Waals surface area (Å²) in [6, 6.07) is 20.7. The third-order valence-corrected chi connectivity index (χ3v) is 7.26. The molecule has 1 aliphatic carbocycles. The van der Waals surface area contributed by atoms with Crippen LogP contribution in [-0.2, 0) is 16.0 Å². The number of para-hydroxylation sites is 1. The zero-order valence-corrected chi connectivity index (χ0v) is 20.9. The lowest BCUT2D eigenvalue weighted by molar-refractivity contribution is -0.127. The second-order valence-corrected chi connectivity index (χ2v) is 9.88. The van der Waals surface area contributed by atoms with Gasteiger partial charge in [-0.3, -0.25) is 4.79 Å². The molecule has 0 aliphatic heterocycles. The van der Waals surface area contributed by atoms with Gasteiger partial charge in [0, 0.05) is 24.8 Å². The zero-order chi connectivity index (χ0) is 25.3. The first kappa shape index (κ1) is 25.8. The van der Waals surface area contributed by atoms with Gasteiger partial charge in [-0.2, -0.15) is 0 Å². The standard InChI is InChI=1S/C30H36N2O4/c1-31-29(34)24(18-21-10-4-2-5-11-21)20-27(33)28(19-22-12-6-3-7-13-22)36-30(35)26-17-16-23-14-8-9-15-25(23)32-26/h3,6-9,12-17,21,24,27-28,33H,2,4-5,10-11,18-20H2,1H3,(H,31,34)/t24-,27+,28+/m1/s1. The molecule has 0 saturated heterocycles. The number of benzene rings is 2. The normalized spacial score (nSPS) is 16.7. The summed E-state index contributed by atoms with van der Waals surface area (Å²) in [4.78, 5) is 30.3. The highest BCUT2D eigenvalue weighted by Crippen LogP contribution is 2.31. The molecule has 0 radical (unpaired) electrons. The molecule has 0 bridgehead atoms. The number of hydrogen-bond acceptors (Lipinski definition) is 5. The Balaban J connectivity index is 1.51. The van der Waals surface area contributed by atoms with Gasteiger partial charge >= 0.3 is 5.97 Å². The number of amides is 1. The molecule has 3 atom stereocenters. The molecule has 1 heterocycles. The van der Waals surface area contributed by atoms with Crippen LogP contribution in [0.3, 0.4) is 0 Å². The highest BCUT2D eigenvalue weighted by atomic mass is 16.6. The molecule has 4 rings (SSSR count). The molecule has 0 spiro atoms. The van der Waals surface area contributed by atoms with Gasteiger partial charge in [0.1, 0.15) is 11.8 Å². The van der Waals surface area contributed by atoms with Crippen molar-refractivity contribution in [3.8, 4) is 0 Å². The fraction of sp³-hybridized carbons (Fsp3) is 0.433. The molecule has 1 fully saturated rings. The van der Waals surface area contributed by atoms with Crippen LogP contribution in [0.25, 0.3) is 10.9 Å². The van der Waals surface area contributed by atoms with Crippen molar-refractivity contribution in [1.29, 1.82) is 0 Å². The molecule has 3 aromatic rings. The Labute approximate surface area is 213 Å². The molecule has 1 amide bonds. The van der Waals surface area contributed by atoms with Crippen molar-refractivity contribution in [1.82, 2.24) is 10.3 Å². The van der Waals surface area contributed by atoms with E-state index in [-0.39, 0.29) is 23.9 Å². The lowest BCUT2D eigenvalue weighted by Crippen LogP contribution is -2.39. The number of pyridine rings is 1. The summed E-state index contributed by atoms with van der Waals surface area (Å²) in [7, 11) is 1.63. The van der Waals surface area contributed by atoms with Gasteiger partial charge in [-0.1, -0.05) is 86.7 Å². The Morgan fingerprint density at radius 2 is 1.72 bits per heavy atom. The molecular formula is C30H36N2O4. The van der Waals surface area contributed by atoms with Crippen molar-refractivity contribution >= 4 is 22.8 Å². The minimum Gasteiger partial charge on any atom is -0.455 e. The van der Waals surface area contributed by atoms with E-state index in [4.69, 9.17) is 4.74 Å². The minimum absolute atomic E-state index is 0.0689. The molecule has 1 aromatic heterocycles. The lowest BCUT2D eigenvalue weighted by Gasteiger charge is -2.29. The summed E-state index contributed by atoms with van der Waals surface area (Å²) in [5.41, 5.74) is 1.85. The largest absolute Gasteiger partial charge is 0.455 e. The number of aromatic nitrogens is 1. The first-order valence-electron chi connectivity index (χ1n) is 13.0. The van der Waals surface area contributed by atoms with E-state index in [9.17, 15) is 14.7 Å². The summed E-state index contributed by atoms with van der Waals surface area (Å²) < 4.78 is 5.87. The van der Waals surface area contributed by atoms with Gasteiger partial charge in [-0.25, -0.2) is 9.78 Å². The van der Waals surface area contributed by atoms with Crippen molar-refractivity contribution < 1.29 is 19.4 Å². The third kappa shape index (κ3) is 6.91. The number of aliphatic hydroxyl groups is 1. The summed E-state index contributed by atoms with van der Waals surface area (Å²) >= 11 is 0. The van der Waals surface area contributed by atoms with E-state index in [0.29, 0.717) is 17.9 Å². The fourth-order valence-corrected chi connectivity index (χ4v) is 5.26. The van der Waals surface area contributed by atoms with Gasteiger partial charge in [-0.15, -0.1) is 0 Å². The van der Waals surface area contributed by atoms with Crippen molar-refractivity contribution in [3.05, 3.63) is 78.0 Å². The van der Waals surface area contributed by atoms with Gasteiger partial charge in [0.2, 0.25) is 5.91 Å². The van der Waals surface area contributed by atoms with E-state index in [2.05, 4.69) is 10.3 Å². The van der Waals surface area contributed by atoms with E-state index in [1.165, 1.54) is 19.3 Å². The maximum Gasteiger partial charge on any atom is 0.357 e. The van der Waals surface area contributed by atoms with Crippen LogP contribution < -0.4 is 5.32 Å². The summed E-state index contributed by atoms with van der Waals surface area (Å²) in [6.07, 6.45) is 5.45. The van der Waals surface area contributed by atoms with Crippen LogP contribution in [0.4, 0.5) is 0 Å². The van der Waals surface area contributed by atoms with Crippen LogP contribution >= 0.6 is 0 Å². The number of nitrogens with zero attached hydrogens (tertiary/aromatic N) is 1. The quantitative estimate of drug-likeness (QED) is 0.388. The number of carbonyl (C=O) groups is 2. The first-order chi connectivity index (χ1) is 17.5. The molecular weight excluding hydrogens is 452 g/mol. The molecule has 6 nitrogen and oxygen atoms in total. The number of rotatable bonds is 10. The molecule has 2 N–H and O–H groups in total. The molecule has 2 aromatic carbocycles. The van der Waals surface area contributed by atoms with Crippen LogP contribution in [0.1, 0.15) is 61.0 Å². The third-order valence-electron chi connectivity index (χ3n) is 7.26. The Morgan fingerprint density at radius 1 is 1.00 bits per heavy atom. The molecule has 0 unspecified atom stereocenters. The fourth-order valence-electron chi connectivity index (χ4n) is 5.26. The Kier molecular flexibility index (Phi) is 9.06. The van der Waals surface area contributed by atoms with Crippen LogP contribution in [-0.4, -0.2) is 41.2 Å². The average Bonchev–Trinajstić information content (AvgIpc) is 2.92. The number of fused-ring (bicyclic) bond motifs is 1. The zero-order valence-electron chi connectivity index (χ0n) is 20.9. The number of esters is 1. The Bertz CT molecular complexity index is 1140. The number of nitrogens with one attached hydrogen (secondary N) is 1.